The van der Waals surface area contributed by atoms with Gasteiger partial charge in [0.2, 0.25) is 0 Å². The van der Waals surface area contributed by atoms with Crippen LogP contribution in [0.2, 0.25) is 0 Å². The molecule has 1 fully saturated rings. The predicted octanol–water partition coefficient (Wildman–Crippen LogP) is -2.07. The predicted molar refractivity (Wildman–Crippen MR) is 65.0 cm³/mol. The molecule has 98 valence electrons. The van der Waals surface area contributed by atoms with Gasteiger partial charge >= 0.3 is 0 Å². The molecule has 0 saturated carbocycles. The van der Waals surface area contributed by atoms with Gasteiger partial charge in [0.25, 0.3) is 0 Å². The lowest BCUT2D eigenvalue weighted by Gasteiger charge is -2.42. The maximum Gasteiger partial charge on any atom is 0.110 e. The maximum absolute atomic E-state index is 9.95. The van der Waals surface area contributed by atoms with Gasteiger partial charge in [-0.2, -0.15) is 0 Å². The molecule has 17 heavy (non-hydrogen) atoms. The Kier molecular flexibility index (Phi) is 3.49. The third-order valence-electron chi connectivity index (χ3n) is 2.95. The van der Waals surface area contributed by atoms with Gasteiger partial charge in [-0.3, -0.25) is 4.99 Å². The highest BCUT2D eigenvalue weighted by atomic mass is 32.2. The van der Waals surface area contributed by atoms with Crippen LogP contribution in [-0.2, 0) is 15.0 Å². The zero-order valence-corrected chi connectivity index (χ0v) is 10.5. The van der Waals surface area contributed by atoms with Gasteiger partial charge in [0.1, 0.15) is 18.3 Å². The van der Waals surface area contributed by atoms with E-state index in [-0.39, 0.29) is 6.61 Å². The summed E-state index contributed by atoms with van der Waals surface area (Å²) >= 11 is 0. The highest BCUT2D eigenvalue weighted by Crippen LogP contribution is 2.30. The molecular formula is C10H17N2O4S-. The normalized spacial score (nSPS) is 42.1. The van der Waals surface area contributed by atoms with Crippen LogP contribution in [-0.4, -0.2) is 75.9 Å². The van der Waals surface area contributed by atoms with Crippen molar-refractivity contribution in [2.24, 2.45) is 4.99 Å². The molecule has 1 saturated heterocycles. The van der Waals surface area contributed by atoms with E-state index in [9.17, 15) is 10.2 Å². The molecule has 2 rings (SSSR count). The van der Waals surface area contributed by atoms with Gasteiger partial charge in [0.15, 0.2) is 0 Å². The summed E-state index contributed by atoms with van der Waals surface area (Å²) in [5.41, 5.74) is 5.55. The Bertz CT molecular complexity index is 403. The summed E-state index contributed by atoms with van der Waals surface area (Å²) < 4.78 is 5.52. The summed E-state index contributed by atoms with van der Waals surface area (Å²) in [7, 11) is 2.89. The van der Waals surface area contributed by atoms with Crippen LogP contribution >= 0.6 is 0 Å². The first-order chi connectivity index (χ1) is 7.97. The van der Waals surface area contributed by atoms with Gasteiger partial charge in [-0.15, -0.1) is 0 Å². The van der Waals surface area contributed by atoms with Crippen molar-refractivity contribution < 1.29 is 20.1 Å². The molecule has 0 radical (unpaired) electrons. The molecule has 0 bridgehead atoms. The quantitative estimate of drug-likeness (QED) is 0.472. The average molecular weight is 261 g/mol. The fourth-order valence-electron chi connectivity index (χ4n) is 2.03. The van der Waals surface area contributed by atoms with Crippen molar-refractivity contribution in [1.29, 1.82) is 0 Å². The second kappa shape index (κ2) is 4.61. The van der Waals surface area contributed by atoms with E-state index >= 15 is 0 Å². The van der Waals surface area contributed by atoms with Gasteiger partial charge in [0.05, 0.1) is 12.6 Å². The van der Waals surface area contributed by atoms with Crippen molar-refractivity contribution in [3.8, 4) is 5.69 Å². The van der Waals surface area contributed by atoms with Crippen LogP contribution in [0, 0.1) is 5.69 Å². The molecular weight excluding hydrogens is 244 g/mol. The number of nitrogens with zero attached hydrogens (tertiary/aromatic N) is 2. The first-order valence-electron chi connectivity index (χ1n) is 5.32. The number of aliphatic imine (C=N–C) groups is 1. The summed E-state index contributed by atoms with van der Waals surface area (Å²) in [5.74, 6) is 0. The number of amidine groups is 1. The Hall–Kier alpha value is -0.560. The number of aliphatic hydroxyl groups excluding tert-OH is 3. The Morgan fingerprint density at radius 2 is 2.06 bits per heavy atom. The molecule has 0 aromatic heterocycles. The SMILES string of the molecule is C#[S-]1C(N(C)C)=N[C@@H]2[C@@H](O)[C@@H](O)[C@@H](CO)O[C@@H]21. The van der Waals surface area contributed by atoms with Crippen LogP contribution in [0.4, 0.5) is 0 Å². The third kappa shape index (κ3) is 1.99. The fraction of sp³-hybridized carbons (Fsp3) is 0.800. The second-order valence-electron chi connectivity index (χ2n) is 4.38. The second-order valence-corrected chi connectivity index (χ2v) is 5.95. The Morgan fingerprint density at radius 1 is 1.41 bits per heavy atom. The van der Waals surface area contributed by atoms with Gasteiger partial charge < -0.3 is 40.9 Å². The van der Waals surface area contributed by atoms with Crippen molar-refractivity contribution >= 4 is 15.5 Å². The average Bonchev–Trinajstić information content (AvgIpc) is 2.61. The first-order valence-corrected chi connectivity index (χ1v) is 6.67. The van der Waals surface area contributed by atoms with E-state index in [0.29, 0.717) is 5.17 Å². The topological polar surface area (TPSA) is 85.5 Å². The Balaban J connectivity index is 2.27. The van der Waals surface area contributed by atoms with Crippen molar-refractivity contribution in [2.45, 2.75) is 29.8 Å². The molecule has 2 heterocycles. The number of fused-ring (bicyclic) bond motifs is 1. The van der Waals surface area contributed by atoms with E-state index in [4.69, 9.17) is 15.5 Å². The lowest BCUT2D eigenvalue weighted by molar-refractivity contribution is -0.164. The van der Waals surface area contributed by atoms with E-state index < -0.39 is 40.1 Å². The summed E-state index contributed by atoms with van der Waals surface area (Å²) in [6.45, 7) is -0.351. The van der Waals surface area contributed by atoms with Crippen LogP contribution in [0.5, 0.6) is 0 Å². The van der Waals surface area contributed by atoms with Crippen LogP contribution in [0.25, 0.3) is 0 Å². The molecule has 2 aliphatic rings. The van der Waals surface area contributed by atoms with E-state index in [1.165, 1.54) is 0 Å². The standard InChI is InChI=1S/C10H17N2O4S/c1-12(2)10-11-6-8(15)7(14)5(4-13)16-9(6)17(10)3/h3,5-9,13-15H,4H2,1-2H3/q-1/t5-,6-,7+,8-,9-/m1/s1. The molecule has 5 atom stereocenters. The fourth-order valence-corrected chi connectivity index (χ4v) is 3.69. The molecule has 6 nitrogen and oxygen atoms in total. The van der Waals surface area contributed by atoms with Crippen molar-refractivity contribution in [3.05, 3.63) is 0 Å². The summed E-state index contributed by atoms with van der Waals surface area (Å²) in [6, 6.07) is -0.557. The highest BCUT2D eigenvalue weighted by molar-refractivity contribution is 8.02. The largest absolute Gasteiger partial charge is 0.394 e. The van der Waals surface area contributed by atoms with Crippen molar-refractivity contribution in [2.75, 3.05) is 20.7 Å². The number of hydrogen-bond acceptors (Lipinski definition) is 7. The third-order valence-corrected chi connectivity index (χ3v) is 4.73. The highest BCUT2D eigenvalue weighted by Gasteiger charge is 2.43. The maximum atomic E-state index is 9.95. The molecule has 3 N–H and O–H groups in total. The zero-order chi connectivity index (χ0) is 12.7. The summed E-state index contributed by atoms with van der Waals surface area (Å²) in [6.07, 6.45) is -2.99. The number of hydrogen-bond donors (Lipinski definition) is 3. The van der Waals surface area contributed by atoms with E-state index in [0.717, 1.165) is 0 Å². The molecule has 2 aliphatic heterocycles. The minimum absolute atomic E-state index is 0.351. The van der Waals surface area contributed by atoms with Crippen LogP contribution in [0.15, 0.2) is 4.99 Å². The minimum atomic E-state index is -1.14. The molecule has 0 unspecified atom stereocenters. The lowest BCUT2D eigenvalue weighted by Crippen LogP contribution is -2.57. The molecule has 0 aromatic rings. The zero-order valence-electron chi connectivity index (χ0n) is 9.72. The number of rotatable bonds is 1. The summed E-state index contributed by atoms with van der Waals surface area (Å²) in [4.78, 5) is 6.08. The van der Waals surface area contributed by atoms with Crippen molar-refractivity contribution in [3.63, 3.8) is 0 Å². The summed E-state index contributed by atoms with van der Waals surface area (Å²) in [5, 5.41) is 29.4. The van der Waals surface area contributed by atoms with E-state index in [1.807, 2.05) is 14.1 Å². The van der Waals surface area contributed by atoms with Gasteiger partial charge in [-0.05, 0) is 0 Å². The minimum Gasteiger partial charge on any atom is -0.394 e. The molecule has 0 spiro atoms. The molecule has 0 amide bonds. The smallest absolute Gasteiger partial charge is 0.110 e. The van der Waals surface area contributed by atoms with Crippen LogP contribution < -0.4 is 0 Å². The van der Waals surface area contributed by atoms with E-state index in [1.54, 1.807) is 4.90 Å². The van der Waals surface area contributed by atoms with Crippen LogP contribution in [0.3, 0.4) is 0 Å². The van der Waals surface area contributed by atoms with Gasteiger partial charge in [0, 0.05) is 24.7 Å². The Morgan fingerprint density at radius 3 is 2.59 bits per heavy atom. The first kappa shape index (κ1) is 12.9. The number of aliphatic hydroxyl groups is 3. The Labute approximate surface area is 102 Å². The van der Waals surface area contributed by atoms with Crippen LogP contribution in [0.1, 0.15) is 0 Å². The van der Waals surface area contributed by atoms with E-state index in [2.05, 4.69) is 4.99 Å². The molecule has 0 aromatic carbocycles. The number of ether oxygens (including phenoxy) is 1. The lowest BCUT2D eigenvalue weighted by atomic mass is 9.99. The molecule has 7 heteroatoms. The van der Waals surface area contributed by atoms with Crippen molar-refractivity contribution in [1.82, 2.24) is 4.90 Å². The van der Waals surface area contributed by atoms with Gasteiger partial charge in [-0.25, -0.2) is 0 Å². The molecule has 0 aliphatic carbocycles. The monoisotopic (exact) mass is 261 g/mol. The van der Waals surface area contributed by atoms with Gasteiger partial charge in [-0.1, -0.05) is 0 Å².